The Bertz CT molecular complexity index is 467. The molecule has 2 aromatic rings. The normalized spacial score (nSPS) is 12.3. The first-order valence-electron chi connectivity index (χ1n) is 6.16. The topological polar surface area (TPSA) is 63.8 Å². The molecule has 3 N–H and O–H groups in total. The summed E-state index contributed by atoms with van der Waals surface area (Å²) in [5.74, 6) is 5.64. The van der Waals surface area contributed by atoms with Gasteiger partial charge in [0.05, 0.1) is 12.2 Å². The minimum atomic E-state index is -0.0452. The van der Waals surface area contributed by atoms with E-state index in [4.69, 9.17) is 5.84 Å². The van der Waals surface area contributed by atoms with Gasteiger partial charge in [0.15, 0.2) is 0 Å². The number of hydrogen-bond acceptors (Lipinski definition) is 4. The number of aryl methyl sites for hydroxylation is 1. The van der Waals surface area contributed by atoms with Crippen LogP contribution in [0.5, 0.6) is 0 Å². The van der Waals surface area contributed by atoms with E-state index < -0.39 is 0 Å². The molecule has 0 aliphatic rings. The number of nitrogens with two attached hydrogens (primary N) is 1. The van der Waals surface area contributed by atoms with Gasteiger partial charge in [-0.15, -0.1) is 0 Å². The second kappa shape index (κ2) is 6.23. The Morgan fingerprint density at radius 3 is 2.44 bits per heavy atom. The van der Waals surface area contributed by atoms with E-state index in [-0.39, 0.29) is 6.04 Å². The van der Waals surface area contributed by atoms with Crippen LogP contribution in [0.3, 0.4) is 0 Å². The average molecular weight is 242 g/mol. The van der Waals surface area contributed by atoms with Crippen LogP contribution in [0.15, 0.2) is 42.7 Å². The van der Waals surface area contributed by atoms with Crippen LogP contribution in [-0.4, -0.2) is 10.2 Å². The van der Waals surface area contributed by atoms with E-state index in [0.29, 0.717) is 0 Å². The summed E-state index contributed by atoms with van der Waals surface area (Å²) >= 11 is 0. The second-order valence-corrected chi connectivity index (χ2v) is 4.27. The molecule has 4 heteroatoms. The zero-order chi connectivity index (χ0) is 12.8. The van der Waals surface area contributed by atoms with Crippen LogP contribution in [-0.2, 0) is 6.42 Å². The molecule has 1 aromatic heterocycles. The number of nitrogens with one attached hydrogen (secondary N) is 1. The number of benzene rings is 1. The fourth-order valence-electron chi connectivity index (χ4n) is 2.02. The first-order valence-corrected chi connectivity index (χ1v) is 6.16. The number of nitrogens with zero attached hydrogens (tertiary/aromatic N) is 2. The summed E-state index contributed by atoms with van der Waals surface area (Å²) < 4.78 is 0. The summed E-state index contributed by atoms with van der Waals surface area (Å²) in [6.45, 7) is 2.18. The molecule has 0 spiro atoms. The van der Waals surface area contributed by atoms with Gasteiger partial charge < -0.3 is 0 Å². The molecule has 1 heterocycles. The van der Waals surface area contributed by atoms with Gasteiger partial charge in [0, 0.05) is 6.20 Å². The zero-order valence-electron chi connectivity index (χ0n) is 10.5. The Balaban J connectivity index is 2.23. The molecule has 4 nitrogen and oxygen atoms in total. The largest absolute Gasteiger partial charge is 0.271 e. The van der Waals surface area contributed by atoms with Crippen molar-refractivity contribution in [3.8, 4) is 0 Å². The highest BCUT2D eigenvalue weighted by Crippen LogP contribution is 2.20. The molecule has 0 aliphatic heterocycles. The maximum atomic E-state index is 5.64. The summed E-state index contributed by atoms with van der Waals surface area (Å²) in [5, 5.41) is 7.66. The number of rotatable bonds is 5. The predicted octanol–water partition coefficient (Wildman–Crippen LogP) is 1.98. The molecule has 1 aromatic carbocycles. The molecule has 1 unspecified atom stereocenters. The van der Waals surface area contributed by atoms with Crippen molar-refractivity contribution in [1.29, 1.82) is 0 Å². The minimum Gasteiger partial charge on any atom is -0.271 e. The number of hydrazine groups is 1. The van der Waals surface area contributed by atoms with Crippen molar-refractivity contribution in [2.45, 2.75) is 25.8 Å². The summed E-state index contributed by atoms with van der Waals surface area (Å²) in [6.07, 6.45) is 5.67. The van der Waals surface area contributed by atoms with Crippen LogP contribution in [0, 0.1) is 0 Å². The molecule has 1 atom stereocenters. The monoisotopic (exact) mass is 242 g/mol. The van der Waals surface area contributed by atoms with Gasteiger partial charge in [0.2, 0.25) is 0 Å². The van der Waals surface area contributed by atoms with Crippen molar-refractivity contribution in [1.82, 2.24) is 15.6 Å². The fraction of sp³-hybridized carbons (Fsp3) is 0.286. The van der Waals surface area contributed by atoms with E-state index in [0.717, 1.165) is 24.0 Å². The Morgan fingerprint density at radius 2 is 1.89 bits per heavy atom. The SMILES string of the molecule is CCCc1ccc(C(NN)c2ccnnc2)cc1. The first-order chi connectivity index (χ1) is 8.85. The van der Waals surface area contributed by atoms with Gasteiger partial charge in [0.25, 0.3) is 0 Å². The molecule has 0 amide bonds. The number of hydrogen-bond donors (Lipinski definition) is 2. The molecular formula is C14H18N4. The first kappa shape index (κ1) is 12.7. The Hall–Kier alpha value is -1.78. The van der Waals surface area contributed by atoms with Gasteiger partial charge in [-0.2, -0.15) is 10.2 Å². The second-order valence-electron chi connectivity index (χ2n) is 4.27. The Morgan fingerprint density at radius 1 is 1.11 bits per heavy atom. The van der Waals surface area contributed by atoms with Crippen LogP contribution >= 0.6 is 0 Å². The van der Waals surface area contributed by atoms with E-state index >= 15 is 0 Å². The molecule has 0 saturated heterocycles. The van der Waals surface area contributed by atoms with E-state index in [2.05, 4.69) is 46.8 Å². The van der Waals surface area contributed by atoms with Crippen molar-refractivity contribution < 1.29 is 0 Å². The molecular weight excluding hydrogens is 224 g/mol. The molecule has 94 valence electrons. The molecule has 0 radical (unpaired) electrons. The van der Waals surface area contributed by atoms with Crippen LogP contribution in [0.4, 0.5) is 0 Å². The minimum absolute atomic E-state index is 0.0452. The van der Waals surface area contributed by atoms with Crippen LogP contribution in [0.25, 0.3) is 0 Å². The third kappa shape index (κ3) is 2.91. The highest BCUT2D eigenvalue weighted by molar-refractivity contribution is 5.31. The lowest BCUT2D eigenvalue weighted by atomic mass is 9.99. The third-order valence-electron chi connectivity index (χ3n) is 2.96. The maximum absolute atomic E-state index is 5.64. The zero-order valence-corrected chi connectivity index (χ0v) is 10.5. The van der Waals surface area contributed by atoms with Crippen molar-refractivity contribution >= 4 is 0 Å². The van der Waals surface area contributed by atoms with Crippen molar-refractivity contribution in [2.24, 2.45) is 5.84 Å². The average Bonchev–Trinajstić information content (AvgIpc) is 2.43. The van der Waals surface area contributed by atoms with E-state index in [1.165, 1.54) is 5.56 Å². The summed E-state index contributed by atoms with van der Waals surface area (Å²) in [6, 6.07) is 10.4. The molecule has 0 bridgehead atoms. The van der Waals surface area contributed by atoms with Crippen molar-refractivity contribution in [3.63, 3.8) is 0 Å². The van der Waals surface area contributed by atoms with Gasteiger partial charge in [-0.05, 0) is 29.2 Å². The standard InChI is InChI=1S/C14H18N4/c1-2-3-11-4-6-12(7-5-11)14(18-15)13-8-9-16-17-10-13/h4-10,14,18H,2-3,15H2,1H3. The van der Waals surface area contributed by atoms with Crippen LogP contribution in [0.1, 0.15) is 36.1 Å². The molecule has 0 aliphatic carbocycles. The van der Waals surface area contributed by atoms with Crippen LogP contribution < -0.4 is 11.3 Å². The molecule has 18 heavy (non-hydrogen) atoms. The van der Waals surface area contributed by atoms with Crippen molar-refractivity contribution in [3.05, 3.63) is 59.4 Å². The fourth-order valence-corrected chi connectivity index (χ4v) is 2.02. The summed E-state index contributed by atoms with van der Waals surface area (Å²) in [4.78, 5) is 0. The lowest BCUT2D eigenvalue weighted by Gasteiger charge is -2.16. The quantitative estimate of drug-likeness (QED) is 0.621. The van der Waals surface area contributed by atoms with E-state index in [1.807, 2.05) is 6.07 Å². The highest BCUT2D eigenvalue weighted by Gasteiger charge is 2.12. The highest BCUT2D eigenvalue weighted by atomic mass is 15.2. The summed E-state index contributed by atoms with van der Waals surface area (Å²) in [5.41, 5.74) is 6.31. The Kier molecular flexibility index (Phi) is 4.39. The smallest absolute Gasteiger partial charge is 0.0726 e. The van der Waals surface area contributed by atoms with E-state index in [1.54, 1.807) is 12.4 Å². The third-order valence-corrected chi connectivity index (χ3v) is 2.96. The van der Waals surface area contributed by atoms with Gasteiger partial charge in [-0.1, -0.05) is 37.6 Å². The van der Waals surface area contributed by atoms with Gasteiger partial charge >= 0.3 is 0 Å². The Labute approximate surface area is 107 Å². The molecule has 0 fully saturated rings. The lowest BCUT2D eigenvalue weighted by molar-refractivity contribution is 0.632. The summed E-state index contributed by atoms with van der Waals surface area (Å²) in [7, 11) is 0. The number of aromatic nitrogens is 2. The van der Waals surface area contributed by atoms with Gasteiger partial charge in [-0.25, -0.2) is 5.43 Å². The van der Waals surface area contributed by atoms with E-state index in [9.17, 15) is 0 Å². The lowest BCUT2D eigenvalue weighted by Crippen LogP contribution is -2.28. The van der Waals surface area contributed by atoms with Crippen molar-refractivity contribution in [2.75, 3.05) is 0 Å². The van der Waals surface area contributed by atoms with Gasteiger partial charge in [-0.3, -0.25) is 5.84 Å². The molecule has 0 saturated carbocycles. The molecule has 2 rings (SSSR count). The maximum Gasteiger partial charge on any atom is 0.0726 e. The predicted molar refractivity (Wildman–Crippen MR) is 71.6 cm³/mol. The van der Waals surface area contributed by atoms with Crippen LogP contribution in [0.2, 0.25) is 0 Å². The van der Waals surface area contributed by atoms with Gasteiger partial charge in [0.1, 0.15) is 0 Å².